The fourth-order valence-corrected chi connectivity index (χ4v) is 1.49. The van der Waals surface area contributed by atoms with Gasteiger partial charge in [0.2, 0.25) is 0 Å². The third-order valence-corrected chi connectivity index (χ3v) is 2.18. The van der Waals surface area contributed by atoms with Gasteiger partial charge in [-0.15, -0.1) is 0 Å². The number of aryl methyl sites for hydroxylation is 1. The number of hydrogen-bond acceptors (Lipinski definition) is 4. The van der Waals surface area contributed by atoms with E-state index in [1.807, 2.05) is 25.1 Å². The Morgan fingerprint density at radius 3 is 2.59 bits per heavy atom. The zero-order chi connectivity index (χ0) is 11.5. The van der Waals surface area contributed by atoms with Crippen LogP contribution in [0.1, 0.15) is 16.1 Å². The van der Waals surface area contributed by atoms with E-state index in [1.54, 1.807) is 6.07 Å². The SMILES string of the molecule is Cc1cccc(-c2nccnc2C(=O)[O-])c1.[Na+]. The van der Waals surface area contributed by atoms with Gasteiger partial charge in [0.1, 0.15) is 5.69 Å². The third kappa shape index (κ3) is 3.12. The molecule has 0 aliphatic heterocycles. The van der Waals surface area contributed by atoms with Gasteiger partial charge in [-0.05, 0) is 13.0 Å². The number of aromatic nitrogens is 2. The topological polar surface area (TPSA) is 65.9 Å². The predicted molar refractivity (Wildman–Crippen MR) is 56.5 cm³/mol. The smallest absolute Gasteiger partial charge is 0.543 e. The van der Waals surface area contributed by atoms with Gasteiger partial charge in [0.05, 0.1) is 11.7 Å². The third-order valence-electron chi connectivity index (χ3n) is 2.18. The second-order valence-electron chi connectivity index (χ2n) is 3.41. The van der Waals surface area contributed by atoms with Crippen LogP contribution in [0.2, 0.25) is 0 Å². The molecular weight excluding hydrogens is 227 g/mol. The molecule has 2 aromatic rings. The number of carboxylic acid groups (broad SMARTS) is 1. The van der Waals surface area contributed by atoms with Crippen molar-refractivity contribution in [1.82, 2.24) is 9.97 Å². The van der Waals surface area contributed by atoms with Crippen LogP contribution in [0, 0.1) is 6.92 Å². The number of carbonyl (C=O) groups excluding carboxylic acids is 1. The Balaban J connectivity index is 0.00000144. The maximum Gasteiger partial charge on any atom is 1.00 e. The van der Waals surface area contributed by atoms with E-state index in [1.165, 1.54) is 12.4 Å². The largest absolute Gasteiger partial charge is 1.00 e. The minimum Gasteiger partial charge on any atom is -0.543 e. The molecule has 17 heavy (non-hydrogen) atoms. The first kappa shape index (κ1) is 13.8. The minimum absolute atomic E-state index is 0. The van der Waals surface area contributed by atoms with Crippen LogP contribution in [-0.4, -0.2) is 15.9 Å². The maximum atomic E-state index is 10.9. The van der Waals surface area contributed by atoms with Gasteiger partial charge in [0.25, 0.3) is 0 Å². The van der Waals surface area contributed by atoms with Gasteiger partial charge >= 0.3 is 29.6 Å². The Labute approximate surface area is 121 Å². The van der Waals surface area contributed by atoms with Crippen molar-refractivity contribution < 1.29 is 39.5 Å². The first-order valence-electron chi connectivity index (χ1n) is 4.78. The molecule has 0 radical (unpaired) electrons. The summed E-state index contributed by atoms with van der Waals surface area (Å²) < 4.78 is 0. The van der Waals surface area contributed by atoms with E-state index in [2.05, 4.69) is 9.97 Å². The van der Waals surface area contributed by atoms with Crippen LogP contribution >= 0.6 is 0 Å². The van der Waals surface area contributed by atoms with Crippen LogP contribution in [-0.2, 0) is 0 Å². The summed E-state index contributed by atoms with van der Waals surface area (Å²) in [4.78, 5) is 18.7. The van der Waals surface area contributed by atoms with Gasteiger partial charge in [-0.1, -0.05) is 23.8 Å². The Morgan fingerprint density at radius 2 is 1.94 bits per heavy atom. The van der Waals surface area contributed by atoms with Crippen LogP contribution in [0.3, 0.4) is 0 Å². The van der Waals surface area contributed by atoms with E-state index >= 15 is 0 Å². The van der Waals surface area contributed by atoms with Crippen LogP contribution in [0.4, 0.5) is 0 Å². The van der Waals surface area contributed by atoms with E-state index in [9.17, 15) is 9.90 Å². The molecule has 0 aliphatic rings. The standard InChI is InChI=1S/C12H10N2O2.Na/c1-8-3-2-4-9(7-8)10-11(12(15)16)14-6-5-13-10;/h2-7H,1H3,(H,15,16);/q;+1/p-1. The van der Waals surface area contributed by atoms with Gasteiger partial charge < -0.3 is 9.90 Å². The summed E-state index contributed by atoms with van der Waals surface area (Å²) >= 11 is 0. The van der Waals surface area contributed by atoms with Crippen molar-refractivity contribution in [3.63, 3.8) is 0 Å². The molecule has 0 saturated heterocycles. The molecule has 1 aromatic carbocycles. The molecule has 4 nitrogen and oxygen atoms in total. The Bertz CT molecular complexity index is 544. The second-order valence-corrected chi connectivity index (χ2v) is 3.41. The molecule has 0 amide bonds. The van der Waals surface area contributed by atoms with Gasteiger partial charge in [0.15, 0.2) is 0 Å². The molecule has 5 heteroatoms. The first-order chi connectivity index (χ1) is 7.68. The summed E-state index contributed by atoms with van der Waals surface area (Å²) in [5, 5.41) is 10.9. The number of rotatable bonds is 2. The number of benzene rings is 1. The predicted octanol–water partition coefficient (Wildman–Crippen LogP) is -2.18. The fourth-order valence-electron chi connectivity index (χ4n) is 1.49. The molecule has 0 saturated carbocycles. The Morgan fingerprint density at radius 1 is 1.24 bits per heavy atom. The average molecular weight is 236 g/mol. The molecule has 80 valence electrons. The van der Waals surface area contributed by atoms with E-state index < -0.39 is 5.97 Å². The number of aromatic carboxylic acids is 1. The molecule has 0 aliphatic carbocycles. The number of hydrogen-bond donors (Lipinski definition) is 0. The van der Waals surface area contributed by atoms with Gasteiger partial charge in [0, 0.05) is 18.0 Å². The molecule has 0 bridgehead atoms. The molecule has 1 aromatic heterocycles. The van der Waals surface area contributed by atoms with Gasteiger partial charge in [-0.2, -0.15) is 0 Å². The van der Waals surface area contributed by atoms with Crippen molar-refractivity contribution in [3.05, 3.63) is 47.9 Å². The quantitative estimate of drug-likeness (QED) is 0.556. The average Bonchev–Trinajstić information content (AvgIpc) is 2.29. The second kappa shape index (κ2) is 5.91. The molecule has 2 rings (SSSR count). The normalized spacial score (nSPS) is 9.47. The summed E-state index contributed by atoms with van der Waals surface area (Å²) in [5.41, 5.74) is 1.97. The van der Waals surface area contributed by atoms with Crippen molar-refractivity contribution in [2.24, 2.45) is 0 Å². The van der Waals surface area contributed by atoms with E-state index in [-0.39, 0.29) is 35.3 Å². The molecule has 0 atom stereocenters. The molecule has 0 fully saturated rings. The van der Waals surface area contributed by atoms with Gasteiger partial charge in [-0.3, -0.25) is 9.97 Å². The molecule has 1 heterocycles. The number of carboxylic acids is 1. The zero-order valence-corrected chi connectivity index (χ0v) is 11.7. The maximum absolute atomic E-state index is 10.9. The number of nitrogens with zero attached hydrogens (tertiary/aromatic N) is 2. The molecule has 0 unspecified atom stereocenters. The van der Waals surface area contributed by atoms with Crippen molar-refractivity contribution in [1.29, 1.82) is 0 Å². The summed E-state index contributed by atoms with van der Waals surface area (Å²) in [5.74, 6) is -1.32. The molecule has 0 N–H and O–H groups in total. The van der Waals surface area contributed by atoms with Crippen LogP contribution < -0.4 is 34.7 Å². The summed E-state index contributed by atoms with van der Waals surface area (Å²) in [6, 6.07) is 7.43. The zero-order valence-electron chi connectivity index (χ0n) is 9.68. The van der Waals surface area contributed by atoms with Crippen molar-refractivity contribution in [3.8, 4) is 11.3 Å². The van der Waals surface area contributed by atoms with E-state index in [0.717, 1.165) is 11.1 Å². The van der Waals surface area contributed by atoms with E-state index in [4.69, 9.17) is 0 Å². The van der Waals surface area contributed by atoms with Crippen LogP contribution in [0.15, 0.2) is 36.7 Å². The number of carbonyl (C=O) groups is 1. The van der Waals surface area contributed by atoms with Crippen molar-refractivity contribution >= 4 is 5.97 Å². The van der Waals surface area contributed by atoms with Crippen molar-refractivity contribution in [2.75, 3.05) is 0 Å². The molecule has 0 spiro atoms. The fraction of sp³-hybridized carbons (Fsp3) is 0.0833. The van der Waals surface area contributed by atoms with Gasteiger partial charge in [-0.25, -0.2) is 0 Å². The first-order valence-corrected chi connectivity index (χ1v) is 4.78. The minimum atomic E-state index is -1.32. The molecular formula is C12H9N2NaO2. The Kier molecular flexibility index (Phi) is 4.81. The van der Waals surface area contributed by atoms with Crippen LogP contribution in [0.5, 0.6) is 0 Å². The Hall–Kier alpha value is -1.23. The monoisotopic (exact) mass is 236 g/mol. The van der Waals surface area contributed by atoms with Crippen molar-refractivity contribution in [2.45, 2.75) is 6.92 Å². The van der Waals surface area contributed by atoms with E-state index in [0.29, 0.717) is 5.69 Å². The summed E-state index contributed by atoms with van der Waals surface area (Å²) in [6.07, 6.45) is 2.80. The summed E-state index contributed by atoms with van der Waals surface area (Å²) in [6.45, 7) is 1.93. The van der Waals surface area contributed by atoms with Crippen LogP contribution in [0.25, 0.3) is 11.3 Å². The summed E-state index contributed by atoms with van der Waals surface area (Å²) in [7, 11) is 0.